The average Bonchev–Trinajstić information content (AvgIpc) is 3.06. The number of nitrogens with zero attached hydrogens (tertiary/aromatic N) is 2. The van der Waals surface area contributed by atoms with Crippen LogP contribution in [0, 0.1) is 5.92 Å². The minimum Gasteiger partial charge on any atom is -0.419 e. The summed E-state index contributed by atoms with van der Waals surface area (Å²) in [5.74, 6) is 2.09. The first kappa shape index (κ1) is 12.4. The van der Waals surface area contributed by atoms with E-state index in [0.29, 0.717) is 24.4 Å². The smallest absolute Gasteiger partial charge is 0.247 e. The Kier molecular flexibility index (Phi) is 3.60. The van der Waals surface area contributed by atoms with Gasteiger partial charge in [0.25, 0.3) is 0 Å². The van der Waals surface area contributed by atoms with E-state index in [9.17, 15) is 0 Å². The van der Waals surface area contributed by atoms with Gasteiger partial charge in [0.05, 0.1) is 6.54 Å². The molecule has 1 N–H and O–H groups in total. The molecule has 1 aromatic carbocycles. The highest BCUT2D eigenvalue weighted by Gasteiger charge is 2.21. The first-order valence-corrected chi connectivity index (χ1v) is 6.92. The van der Waals surface area contributed by atoms with Gasteiger partial charge in [-0.1, -0.05) is 25.1 Å². The Labute approximate surface area is 113 Å². The Hall–Kier alpha value is -1.68. The normalized spacial score (nSPS) is 22.8. The maximum absolute atomic E-state index is 5.67. The summed E-state index contributed by atoms with van der Waals surface area (Å²) in [5.41, 5.74) is 0.968. The van der Waals surface area contributed by atoms with Crippen molar-refractivity contribution in [1.82, 2.24) is 15.5 Å². The van der Waals surface area contributed by atoms with Gasteiger partial charge in [0.2, 0.25) is 11.8 Å². The van der Waals surface area contributed by atoms with Crippen LogP contribution in [0.2, 0.25) is 0 Å². The number of benzene rings is 1. The van der Waals surface area contributed by atoms with Crippen LogP contribution in [0.1, 0.15) is 32.1 Å². The predicted molar refractivity (Wildman–Crippen MR) is 73.4 cm³/mol. The zero-order valence-electron chi connectivity index (χ0n) is 11.2. The molecule has 0 amide bonds. The van der Waals surface area contributed by atoms with Gasteiger partial charge < -0.3 is 9.73 Å². The molecule has 4 heteroatoms. The Morgan fingerprint density at radius 2 is 2.05 bits per heavy atom. The SMILES string of the molecule is CC1CCC(NCc2nnc(-c3ccccc3)o2)C1. The maximum Gasteiger partial charge on any atom is 0.247 e. The zero-order chi connectivity index (χ0) is 13.1. The van der Waals surface area contributed by atoms with Crippen molar-refractivity contribution < 1.29 is 4.42 Å². The van der Waals surface area contributed by atoms with E-state index in [1.165, 1.54) is 19.3 Å². The van der Waals surface area contributed by atoms with Crippen LogP contribution in [-0.2, 0) is 6.54 Å². The van der Waals surface area contributed by atoms with Gasteiger partial charge >= 0.3 is 0 Å². The molecule has 0 spiro atoms. The molecule has 0 bridgehead atoms. The van der Waals surface area contributed by atoms with Crippen molar-refractivity contribution in [3.63, 3.8) is 0 Å². The van der Waals surface area contributed by atoms with Crippen LogP contribution in [0.5, 0.6) is 0 Å². The lowest BCUT2D eigenvalue weighted by Gasteiger charge is -2.09. The molecule has 2 atom stereocenters. The third-order valence-corrected chi connectivity index (χ3v) is 3.72. The lowest BCUT2D eigenvalue weighted by molar-refractivity contribution is 0.434. The Morgan fingerprint density at radius 3 is 2.79 bits per heavy atom. The molecule has 0 radical (unpaired) electrons. The van der Waals surface area contributed by atoms with E-state index in [1.807, 2.05) is 30.3 Å². The summed E-state index contributed by atoms with van der Waals surface area (Å²) >= 11 is 0. The van der Waals surface area contributed by atoms with Gasteiger partial charge in [-0.15, -0.1) is 10.2 Å². The van der Waals surface area contributed by atoms with Crippen molar-refractivity contribution in [3.8, 4) is 11.5 Å². The van der Waals surface area contributed by atoms with Gasteiger partial charge in [-0.2, -0.15) is 0 Å². The molecule has 100 valence electrons. The van der Waals surface area contributed by atoms with Crippen LogP contribution in [-0.4, -0.2) is 16.2 Å². The minimum atomic E-state index is 0.595. The molecular weight excluding hydrogens is 238 g/mol. The number of rotatable bonds is 4. The molecule has 1 aliphatic rings. The van der Waals surface area contributed by atoms with Crippen molar-refractivity contribution in [2.24, 2.45) is 5.92 Å². The Bertz CT molecular complexity index is 523. The van der Waals surface area contributed by atoms with E-state index < -0.39 is 0 Å². The average molecular weight is 257 g/mol. The van der Waals surface area contributed by atoms with Crippen molar-refractivity contribution in [3.05, 3.63) is 36.2 Å². The molecule has 2 aromatic rings. The number of aromatic nitrogens is 2. The van der Waals surface area contributed by atoms with Crippen molar-refractivity contribution >= 4 is 0 Å². The molecule has 3 rings (SSSR count). The molecule has 1 aromatic heterocycles. The molecule has 19 heavy (non-hydrogen) atoms. The Morgan fingerprint density at radius 1 is 1.21 bits per heavy atom. The fourth-order valence-electron chi connectivity index (χ4n) is 2.65. The highest BCUT2D eigenvalue weighted by Crippen LogP contribution is 2.25. The van der Waals surface area contributed by atoms with Gasteiger partial charge in [-0.05, 0) is 37.3 Å². The summed E-state index contributed by atoms with van der Waals surface area (Å²) in [7, 11) is 0. The second-order valence-electron chi connectivity index (χ2n) is 5.36. The quantitative estimate of drug-likeness (QED) is 0.914. The summed E-state index contributed by atoms with van der Waals surface area (Å²) in [6, 6.07) is 10.5. The van der Waals surface area contributed by atoms with Gasteiger partial charge in [0.15, 0.2) is 0 Å². The first-order valence-electron chi connectivity index (χ1n) is 6.92. The van der Waals surface area contributed by atoms with E-state index in [2.05, 4.69) is 22.4 Å². The van der Waals surface area contributed by atoms with E-state index >= 15 is 0 Å². The van der Waals surface area contributed by atoms with E-state index in [-0.39, 0.29) is 0 Å². The van der Waals surface area contributed by atoms with Crippen molar-refractivity contribution in [2.75, 3.05) is 0 Å². The summed E-state index contributed by atoms with van der Waals surface area (Å²) in [6.07, 6.45) is 3.82. The molecule has 1 fully saturated rings. The van der Waals surface area contributed by atoms with Crippen LogP contribution in [0.25, 0.3) is 11.5 Å². The summed E-state index contributed by atoms with van der Waals surface area (Å²) in [4.78, 5) is 0. The van der Waals surface area contributed by atoms with Gasteiger partial charge in [-0.25, -0.2) is 0 Å². The molecule has 0 aliphatic heterocycles. The lowest BCUT2D eigenvalue weighted by atomic mass is 10.1. The Balaban J connectivity index is 1.59. The highest BCUT2D eigenvalue weighted by atomic mass is 16.4. The second kappa shape index (κ2) is 5.53. The van der Waals surface area contributed by atoms with Crippen molar-refractivity contribution in [1.29, 1.82) is 0 Å². The van der Waals surface area contributed by atoms with Crippen LogP contribution in [0.15, 0.2) is 34.7 Å². The number of hydrogen-bond acceptors (Lipinski definition) is 4. The standard InChI is InChI=1S/C15H19N3O/c1-11-7-8-13(9-11)16-10-14-17-18-15(19-14)12-5-3-2-4-6-12/h2-6,11,13,16H,7-10H2,1H3. The predicted octanol–water partition coefficient (Wildman–Crippen LogP) is 3.01. The van der Waals surface area contributed by atoms with E-state index in [1.54, 1.807) is 0 Å². The summed E-state index contributed by atoms with van der Waals surface area (Å²) in [5, 5.41) is 11.7. The molecule has 1 saturated carbocycles. The topological polar surface area (TPSA) is 51.0 Å². The number of hydrogen-bond donors (Lipinski definition) is 1. The molecule has 2 unspecified atom stereocenters. The molecule has 1 aliphatic carbocycles. The second-order valence-corrected chi connectivity index (χ2v) is 5.36. The lowest BCUT2D eigenvalue weighted by Crippen LogP contribution is -2.25. The van der Waals surface area contributed by atoms with E-state index in [4.69, 9.17) is 4.42 Å². The third-order valence-electron chi connectivity index (χ3n) is 3.72. The summed E-state index contributed by atoms with van der Waals surface area (Å²) in [6.45, 7) is 2.97. The monoisotopic (exact) mass is 257 g/mol. The van der Waals surface area contributed by atoms with Crippen LogP contribution >= 0.6 is 0 Å². The van der Waals surface area contributed by atoms with Crippen molar-refractivity contribution in [2.45, 2.75) is 38.8 Å². The minimum absolute atomic E-state index is 0.595. The highest BCUT2D eigenvalue weighted by molar-refractivity contribution is 5.51. The van der Waals surface area contributed by atoms with Gasteiger partial charge in [0, 0.05) is 11.6 Å². The van der Waals surface area contributed by atoms with Gasteiger partial charge in [-0.3, -0.25) is 0 Å². The zero-order valence-corrected chi connectivity index (χ0v) is 11.2. The fourth-order valence-corrected chi connectivity index (χ4v) is 2.65. The van der Waals surface area contributed by atoms with Crippen LogP contribution in [0.4, 0.5) is 0 Å². The molecule has 4 nitrogen and oxygen atoms in total. The van der Waals surface area contributed by atoms with Gasteiger partial charge in [0.1, 0.15) is 0 Å². The maximum atomic E-state index is 5.67. The van der Waals surface area contributed by atoms with Crippen LogP contribution < -0.4 is 5.32 Å². The molecule has 0 saturated heterocycles. The first-order chi connectivity index (χ1) is 9.31. The number of nitrogens with one attached hydrogen (secondary N) is 1. The summed E-state index contributed by atoms with van der Waals surface area (Å²) < 4.78 is 5.67. The third kappa shape index (κ3) is 3.01. The molecular formula is C15H19N3O. The molecule has 1 heterocycles. The van der Waals surface area contributed by atoms with E-state index in [0.717, 1.165) is 11.5 Å². The fraction of sp³-hybridized carbons (Fsp3) is 0.467. The van der Waals surface area contributed by atoms with Crippen LogP contribution in [0.3, 0.4) is 0 Å². The largest absolute Gasteiger partial charge is 0.419 e.